The van der Waals surface area contributed by atoms with Crippen LogP contribution in [0, 0.1) is 0 Å². The smallest absolute Gasteiger partial charge is 0.251 e. The van der Waals surface area contributed by atoms with E-state index in [2.05, 4.69) is 21.2 Å². The van der Waals surface area contributed by atoms with Gasteiger partial charge in [-0.15, -0.1) is 0 Å². The molecular formula is C15H16BrNO. The molecule has 1 unspecified atom stereocenters. The molecule has 3 heteroatoms. The molecule has 0 aliphatic heterocycles. The minimum absolute atomic E-state index is 0.00537. The Kier molecular flexibility index (Phi) is 4.37. The van der Waals surface area contributed by atoms with E-state index in [0.29, 0.717) is 0 Å². The van der Waals surface area contributed by atoms with Crippen LogP contribution in [0.3, 0.4) is 0 Å². The van der Waals surface area contributed by atoms with Crippen molar-refractivity contribution in [1.82, 2.24) is 5.32 Å². The Morgan fingerprint density at radius 2 is 1.94 bits per heavy atom. The van der Waals surface area contributed by atoms with E-state index in [1.54, 1.807) is 0 Å². The molecule has 1 amide bonds. The highest BCUT2D eigenvalue weighted by molar-refractivity contribution is 9.09. The molecule has 0 heterocycles. The van der Waals surface area contributed by atoms with Crippen LogP contribution in [0.4, 0.5) is 0 Å². The maximum atomic E-state index is 12.0. The van der Waals surface area contributed by atoms with E-state index in [4.69, 9.17) is 0 Å². The summed E-state index contributed by atoms with van der Waals surface area (Å²) in [6.07, 6.45) is 0.930. The number of carbonyl (C=O) groups excluding carboxylic acids is 1. The van der Waals surface area contributed by atoms with Crippen LogP contribution in [0.1, 0.15) is 23.7 Å². The molecule has 0 spiro atoms. The minimum Gasteiger partial charge on any atom is -0.350 e. The standard InChI is InChI=1S/C15H16BrNO/c1-11(8-9-16)17-15(18)14-7-6-12-4-2-3-5-13(12)10-14/h2-7,10-11H,8-9H2,1H3,(H,17,18). The highest BCUT2D eigenvalue weighted by atomic mass is 79.9. The summed E-state index contributed by atoms with van der Waals surface area (Å²) in [6.45, 7) is 2.01. The number of benzene rings is 2. The second-order valence-electron chi connectivity index (χ2n) is 4.41. The molecular weight excluding hydrogens is 290 g/mol. The number of alkyl halides is 1. The number of hydrogen-bond donors (Lipinski definition) is 1. The summed E-state index contributed by atoms with van der Waals surface area (Å²) >= 11 is 3.38. The molecule has 0 bridgehead atoms. The third-order valence-corrected chi connectivity index (χ3v) is 3.39. The first-order valence-corrected chi connectivity index (χ1v) is 7.18. The van der Waals surface area contributed by atoms with E-state index in [1.807, 2.05) is 49.4 Å². The van der Waals surface area contributed by atoms with Gasteiger partial charge in [0.2, 0.25) is 0 Å². The number of carbonyl (C=O) groups is 1. The van der Waals surface area contributed by atoms with Crippen molar-refractivity contribution in [3.05, 3.63) is 48.0 Å². The number of halogens is 1. The van der Waals surface area contributed by atoms with Gasteiger partial charge in [-0.05, 0) is 36.2 Å². The summed E-state index contributed by atoms with van der Waals surface area (Å²) in [5, 5.41) is 6.14. The Balaban J connectivity index is 2.17. The Labute approximate surface area is 116 Å². The molecule has 0 aromatic heterocycles. The van der Waals surface area contributed by atoms with Crippen molar-refractivity contribution < 1.29 is 4.79 Å². The zero-order valence-electron chi connectivity index (χ0n) is 10.3. The molecule has 2 rings (SSSR count). The molecule has 0 radical (unpaired) electrons. The van der Waals surface area contributed by atoms with Gasteiger partial charge in [0.25, 0.3) is 5.91 Å². The number of amides is 1. The van der Waals surface area contributed by atoms with Crippen LogP contribution in [-0.4, -0.2) is 17.3 Å². The van der Waals surface area contributed by atoms with Crippen molar-refractivity contribution in [1.29, 1.82) is 0 Å². The summed E-state index contributed by atoms with van der Waals surface area (Å²) in [5.74, 6) is -0.00537. The van der Waals surface area contributed by atoms with Crippen molar-refractivity contribution in [2.75, 3.05) is 5.33 Å². The van der Waals surface area contributed by atoms with E-state index in [1.165, 1.54) is 0 Å². The van der Waals surface area contributed by atoms with Gasteiger partial charge < -0.3 is 5.32 Å². The molecule has 0 aliphatic rings. The monoisotopic (exact) mass is 305 g/mol. The van der Waals surface area contributed by atoms with Crippen LogP contribution in [0.5, 0.6) is 0 Å². The average molecular weight is 306 g/mol. The summed E-state index contributed by atoms with van der Waals surface area (Å²) in [7, 11) is 0. The Bertz CT molecular complexity index is 553. The first-order chi connectivity index (χ1) is 8.70. The van der Waals surface area contributed by atoms with Gasteiger partial charge in [-0.2, -0.15) is 0 Å². The Morgan fingerprint density at radius 3 is 2.67 bits per heavy atom. The molecule has 94 valence electrons. The maximum Gasteiger partial charge on any atom is 0.251 e. The van der Waals surface area contributed by atoms with Crippen LogP contribution < -0.4 is 5.32 Å². The van der Waals surface area contributed by atoms with Gasteiger partial charge in [-0.25, -0.2) is 0 Å². The average Bonchev–Trinajstić information content (AvgIpc) is 2.38. The molecule has 1 N–H and O–H groups in total. The molecule has 0 aliphatic carbocycles. The molecule has 2 aromatic rings. The van der Waals surface area contributed by atoms with E-state index >= 15 is 0 Å². The fourth-order valence-electron chi connectivity index (χ4n) is 1.87. The lowest BCUT2D eigenvalue weighted by Crippen LogP contribution is -2.32. The van der Waals surface area contributed by atoms with Crippen LogP contribution in [0.25, 0.3) is 10.8 Å². The normalized spacial score (nSPS) is 12.3. The second-order valence-corrected chi connectivity index (χ2v) is 5.21. The molecule has 1 atom stereocenters. The maximum absolute atomic E-state index is 12.0. The predicted octanol–water partition coefficient (Wildman–Crippen LogP) is 3.74. The highest BCUT2D eigenvalue weighted by Crippen LogP contribution is 2.15. The van der Waals surface area contributed by atoms with Gasteiger partial charge in [0, 0.05) is 16.9 Å². The molecule has 2 nitrogen and oxygen atoms in total. The van der Waals surface area contributed by atoms with Gasteiger partial charge in [0.05, 0.1) is 0 Å². The van der Waals surface area contributed by atoms with Gasteiger partial charge >= 0.3 is 0 Å². The van der Waals surface area contributed by atoms with Crippen LogP contribution in [-0.2, 0) is 0 Å². The quantitative estimate of drug-likeness (QED) is 0.857. The van der Waals surface area contributed by atoms with E-state index in [9.17, 15) is 4.79 Å². The first-order valence-electron chi connectivity index (χ1n) is 6.06. The summed E-state index contributed by atoms with van der Waals surface area (Å²) in [6, 6.07) is 14.0. The second kappa shape index (κ2) is 6.01. The first kappa shape index (κ1) is 13.1. The van der Waals surface area contributed by atoms with Gasteiger partial charge in [-0.3, -0.25) is 4.79 Å². The molecule has 0 saturated carbocycles. The fraction of sp³-hybridized carbons (Fsp3) is 0.267. The zero-order chi connectivity index (χ0) is 13.0. The third-order valence-electron chi connectivity index (χ3n) is 2.93. The minimum atomic E-state index is -0.00537. The molecule has 18 heavy (non-hydrogen) atoms. The van der Waals surface area contributed by atoms with E-state index < -0.39 is 0 Å². The van der Waals surface area contributed by atoms with Crippen LogP contribution in [0.2, 0.25) is 0 Å². The Morgan fingerprint density at radius 1 is 1.22 bits per heavy atom. The number of fused-ring (bicyclic) bond motifs is 1. The molecule has 2 aromatic carbocycles. The van der Waals surface area contributed by atoms with Crippen molar-refractivity contribution >= 4 is 32.6 Å². The van der Waals surface area contributed by atoms with Gasteiger partial charge in [0.15, 0.2) is 0 Å². The van der Waals surface area contributed by atoms with Gasteiger partial charge in [-0.1, -0.05) is 46.3 Å². The van der Waals surface area contributed by atoms with E-state index in [-0.39, 0.29) is 11.9 Å². The van der Waals surface area contributed by atoms with Crippen molar-refractivity contribution in [3.8, 4) is 0 Å². The number of nitrogens with one attached hydrogen (secondary N) is 1. The lowest BCUT2D eigenvalue weighted by molar-refractivity contribution is 0.0939. The third kappa shape index (κ3) is 3.10. The topological polar surface area (TPSA) is 29.1 Å². The molecule has 0 fully saturated rings. The number of rotatable bonds is 4. The Hall–Kier alpha value is -1.35. The lowest BCUT2D eigenvalue weighted by Gasteiger charge is -2.12. The van der Waals surface area contributed by atoms with Crippen molar-refractivity contribution in [2.45, 2.75) is 19.4 Å². The van der Waals surface area contributed by atoms with Crippen molar-refractivity contribution in [2.24, 2.45) is 0 Å². The fourth-order valence-corrected chi connectivity index (χ4v) is 2.56. The summed E-state index contributed by atoms with van der Waals surface area (Å²) in [4.78, 5) is 12.0. The molecule has 0 saturated heterocycles. The predicted molar refractivity (Wildman–Crippen MR) is 79.3 cm³/mol. The van der Waals surface area contributed by atoms with Crippen LogP contribution >= 0.6 is 15.9 Å². The lowest BCUT2D eigenvalue weighted by atomic mass is 10.1. The summed E-state index contributed by atoms with van der Waals surface area (Å²) < 4.78 is 0. The number of hydrogen-bond acceptors (Lipinski definition) is 1. The van der Waals surface area contributed by atoms with E-state index in [0.717, 1.165) is 28.1 Å². The highest BCUT2D eigenvalue weighted by Gasteiger charge is 2.09. The zero-order valence-corrected chi connectivity index (χ0v) is 11.9. The summed E-state index contributed by atoms with van der Waals surface area (Å²) in [5.41, 5.74) is 0.718. The van der Waals surface area contributed by atoms with Crippen molar-refractivity contribution in [3.63, 3.8) is 0 Å². The largest absolute Gasteiger partial charge is 0.350 e. The SMILES string of the molecule is CC(CCBr)NC(=O)c1ccc2ccccc2c1. The van der Waals surface area contributed by atoms with Crippen LogP contribution in [0.15, 0.2) is 42.5 Å². The van der Waals surface area contributed by atoms with Gasteiger partial charge in [0.1, 0.15) is 0 Å².